The molecule has 0 heterocycles. The van der Waals surface area contributed by atoms with E-state index >= 15 is 0 Å². The Bertz CT molecular complexity index is 664. The Morgan fingerprint density at radius 2 is 2.10 bits per heavy atom. The van der Waals surface area contributed by atoms with Crippen molar-refractivity contribution < 1.29 is 9.31 Å². The lowest BCUT2D eigenvalue weighted by Crippen LogP contribution is -2.18. The van der Waals surface area contributed by atoms with Gasteiger partial charge in [-0.3, -0.25) is 10.1 Å². The van der Waals surface area contributed by atoms with E-state index in [1.165, 1.54) is 18.2 Å². The van der Waals surface area contributed by atoms with Gasteiger partial charge in [-0.25, -0.2) is 4.39 Å². The highest BCUT2D eigenvalue weighted by atomic mass is 35.5. The fraction of sp³-hybridized carbons (Fsp3) is 0.200. The lowest BCUT2D eigenvalue weighted by Gasteiger charge is -2.14. The van der Waals surface area contributed by atoms with E-state index in [2.05, 4.69) is 5.32 Å². The van der Waals surface area contributed by atoms with Gasteiger partial charge < -0.3 is 5.32 Å². The maximum atomic E-state index is 13.2. The second-order valence-corrected chi connectivity index (χ2v) is 5.12. The van der Waals surface area contributed by atoms with Gasteiger partial charge in [-0.1, -0.05) is 23.7 Å². The van der Waals surface area contributed by atoms with Gasteiger partial charge in [-0.05, 0) is 36.8 Å². The van der Waals surface area contributed by atoms with E-state index in [1.54, 1.807) is 24.3 Å². The van der Waals surface area contributed by atoms with Crippen molar-refractivity contribution >= 4 is 17.3 Å². The number of hydrogen-bond acceptors (Lipinski definition) is 3. The SMILES string of the molecule is CC(NCc1ccc(Cl)cc1[N+](=O)[O-])c1cccc(F)c1. The molecule has 2 aromatic rings. The van der Waals surface area contributed by atoms with Crippen LogP contribution in [-0.2, 0) is 6.54 Å². The zero-order chi connectivity index (χ0) is 15.4. The largest absolute Gasteiger partial charge is 0.306 e. The van der Waals surface area contributed by atoms with E-state index in [9.17, 15) is 14.5 Å². The summed E-state index contributed by atoms with van der Waals surface area (Å²) < 4.78 is 13.2. The maximum Gasteiger partial charge on any atom is 0.275 e. The summed E-state index contributed by atoms with van der Waals surface area (Å²) in [7, 11) is 0. The highest BCUT2D eigenvalue weighted by molar-refractivity contribution is 6.30. The van der Waals surface area contributed by atoms with Crippen molar-refractivity contribution in [3.63, 3.8) is 0 Å². The molecule has 110 valence electrons. The van der Waals surface area contributed by atoms with Crippen LogP contribution in [0.25, 0.3) is 0 Å². The number of rotatable bonds is 5. The van der Waals surface area contributed by atoms with Crippen molar-refractivity contribution in [2.45, 2.75) is 19.5 Å². The molecule has 0 bridgehead atoms. The van der Waals surface area contributed by atoms with Crippen LogP contribution < -0.4 is 5.32 Å². The molecule has 0 saturated heterocycles. The molecule has 2 rings (SSSR count). The van der Waals surface area contributed by atoms with E-state index in [1.807, 2.05) is 6.92 Å². The third kappa shape index (κ3) is 4.00. The van der Waals surface area contributed by atoms with Crippen LogP contribution in [0.15, 0.2) is 42.5 Å². The zero-order valence-electron chi connectivity index (χ0n) is 11.3. The number of nitrogens with one attached hydrogen (secondary N) is 1. The number of benzene rings is 2. The Morgan fingerprint density at radius 3 is 2.76 bits per heavy atom. The van der Waals surface area contributed by atoms with Crippen molar-refractivity contribution in [2.24, 2.45) is 0 Å². The smallest absolute Gasteiger partial charge is 0.275 e. The molecule has 0 saturated carbocycles. The molecule has 1 atom stereocenters. The number of halogens is 2. The quantitative estimate of drug-likeness (QED) is 0.664. The summed E-state index contributed by atoms with van der Waals surface area (Å²) in [6.07, 6.45) is 0. The first-order chi connectivity index (χ1) is 9.97. The Kier molecular flexibility index (Phi) is 4.88. The number of nitrogens with zero attached hydrogens (tertiary/aromatic N) is 1. The van der Waals surface area contributed by atoms with Crippen LogP contribution in [0, 0.1) is 15.9 Å². The molecule has 21 heavy (non-hydrogen) atoms. The lowest BCUT2D eigenvalue weighted by atomic mass is 10.1. The van der Waals surface area contributed by atoms with E-state index < -0.39 is 4.92 Å². The molecule has 2 aromatic carbocycles. The molecule has 0 aliphatic rings. The van der Waals surface area contributed by atoms with Crippen molar-refractivity contribution in [3.8, 4) is 0 Å². The monoisotopic (exact) mass is 308 g/mol. The zero-order valence-corrected chi connectivity index (χ0v) is 12.1. The summed E-state index contributed by atoms with van der Waals surface area (Å²) in [6.45, 7) is 2.17. The second kappa shape index (κ2) is 6.65. The van der Waals surface area contributed by atoms with Crippen molar-refractivity contribution in [1.29, 1.82) is 0 Å². The lowest BCUT2D eigenvalue weighted by molar-refractivity contribution is -0.385. The first-order valence-corrected chi connectivity index (χ1v) is 6.77. The minimum Gasteiger partial charge on any atom is -0.306 e. The predicted octanol–water partition coefficient (Wildman–Crippen LogP) is 4.24. The third-order valence-corrected chi connectivity index (χ3v) is 3.43. The molecule has 0 aliphatic heterocycles. The van der Waals surface area contributed by atoms with Crippen LogP contribution in [0.1, 0.15) is 24.1 Å². The van der Waals surface area contributed by atoms with Gasteiger partial charge in [-0.2, -0.15) is 0 Å². The normalized spacial score (nSPS) is 12.1. The Hall–Kier alpha value is -1.98. The molecule has 6 heteroatoms. The molecule has 0 aromatic heterocycles. The van der Waals surface area contributed by atoms with Crippen LogP contribution in [0.2, 0.25) is 5.02 Å². The van der Waals surface area contributed by atoms with E-state index in [0.29, 0.717) is 17.1 Å². The number of hydrogen-bond donors (Lipinski definition) is 1. The molecule has 0 spiro atoms. The summed E-state index contributed by atoms with van der Waals surface area (Å²) in [5.74, 6) is -0.307. The Labute approximate surface area is 126 Å². The average molecular weight is 309 g/mol. The van der Waals surface area contributed by atoms with Crippen molar-refractivity contribution in [1.82, 2.24) is 5.32 Å². The minimum atomic E-state index is -0.463. The summed E-state index contributed by atoms with van der Waals surface area (Å²) in [4.78, 5) is 10.5. The maximum absolute atomic E-state index is 13.2. The Morgan fingerprint density at radius 1 is 1.33 bits per heavy atom. The van der Waals surface area contributed by atoms with E-state index in [-0.39, 0.29) is 17.5 Å². The summed E-state index contributed by atoms with van der Waals surface area (Å²) in [6, 6.07) is 10.7. The standard InChI is InChI=1S/C15H14ClFN2O2/c1-10(11-3-2-4-14(17)7-11)18-9-12-5-6-13(16)8-15(12)19(20)21/h2-8,10,18H,9H2,1H3. The van der Waals surface area contributed by atoms with Gasteiger partial charge in [0.15, 0.2) is 0 Å². The highest BCUT2D eigenvalue weighted by Gasteiger charge is 2.15. The first-order valence-electron chi connectivity index (χ1n) is 6.39. The van der Waals surface area contributed by atoms with Crippen LogP contribution >= 0.6 is 11.6 Å². The summed E-state index contributed by atoms with van der Waals surface area (Å²) in [5.41, 5.74) is 1.29. The van der Waals surface area contributed by atoms with Gasteiger partial charge in [0.25, 0.3) is 5.69 Å². The van der Waals surface area contributed by atoms with Gasteiger partial charge in [0.05, 0.1) is 4.92 Å². The second-order valence-electron chi connectivity index (χ2n) is 4.69. The molecule has 0 amide bonds. The highest BCUT2D eigenvalue weighted by Crippen LogP contribution is 2.24. The third-order valence-electron chi connectivity index (χ3n) is 3.19. The van der Waals surface area contributed by atoms with Crippen molar-refractivity contribution in [2.75, 3.05) is 0 Å². The molecule has 0 aliphatic carbocycles. The van der Waals surface area contributed by atoms with Crippen LogP contribution in [0.3, 0.4) is 0 Å². The Balaban J connectivity index is 2.11. The molecule has 0 radical (unpaired) electrons. The average Bonchev–Trinajstić information content (AvgIpc) is 2.45. The molecule has 4 nitrogen and oxygen atoms in total. The van der Waals surface area contributed by atoms with Crippen LogP contribution in [0.5, 0.6) is 0 Å². The van der Waals surface area contributed by atoms with Crippen LogP contribution in [-0.4, -0.2) is 4.92 Å². The minimum absolute atomic E-state index is 0.0264. The summed E-state index contributed by atoms with van der Waals surface area (Å²) in [5, 5.41) is 14.5. The van der Waals surface area contributed by atoms with Gasteiger partial charge in [-0.15, -0.1) is 0 Å². The number of nitro benzene ring substituents is 1. The fourth-order valence-electron chi connectivity index (χ4n) is 2.01. The van der Waals surface area contributed by atoms with Gasteiger partial charge in [0, 0.05) is 29.2 Å². The molecular formula is C15H14ClFN2O2. The molecular weight excluding hydrogens is 295 g/mol. The van der Waals surface area contributed by atoms with Crippen molar-refractivity contribution in [3.05, 3.63) is 74.5 Å². The van der Waals surface area contributed by atoms with E-state index in [0.717, 1.165) is 5.56 Å². The molecule has 0 fully saturated rings. The fourth-order valence-corrected chi connectivity index (χ4v) is 2.18. The van der Waals surface area contributed by atoms with Gasteiger partial charge in [0.2, 0.25) is 0 Å². The van der Waals surface area contributed by atoms with Crippen LogP contribution in [0.4, 0.5) is 10.1 Å². The topological polar surface area (TPSA) is 55.2 Å². The first kappa shape index (κ1) is 15.4. The van der Waals surface area contributed by atoms with E-state index in [4.69, 9.17) is 11.6 Å². The predicted molar refractivity (Wildman–Crippen MR) is 79.8 cm³/mol. The van der Waals surface area contributed by atoms with Gasteiger partial charge >= 0.3 is 0 Å². The summed E-state index contributed by atoms with van der Waals surface area (Å²) >= 11 is 5.77. The van der Waals surface area contributed by atoms with Gasteiger partial charge in [0.1, 0.15) is 5.82 Å². The number of nitro groups is 1. The molecule has 1 N–H and O–H groups in total. The molecule has 1 unspecified atom stereocenters.